The fourth-order valence-electron chi connectivity index (χ4n) is 8.28. The second-order valence-corrected chi connectivity index (χ2v) is 14.1. The van der Waals surface area contributed by atoms with Gasteiger partial charge in [0.2, 0.25) is 0 Å². The van der Waals surface area contributed by atoms with Crippen molar-refractivity contribution >= 4 is 14.7 Å². The summed E-state index contributed by atoms with van der Waals surface area (Å²) in [5.74, 6) is 3.93. The molecule has 1 heterocycles. The standard InChI is InChI=1S/C22H30N2.C10H12O.Ru/c1-15-6-16(2)21(17(3)7-15)23-4-5-24(14-23)22-11-18-8-19(12-22)10-20(9-18)13-22;1-8(2)11-10-7-5-4-6-9(10)3;/h6-7,18-20H,4-5,8-13H2,1-3H3;3-8H,1-2H3;. The molecule has 36 heavy (non-hydrogen) atoms. The maximum atomic E-state index is 6.20. The van der Waals surface area contributed by atoms with E-state index in [1.54, 1.807) is 4.35 Å². The zero-order chi connectivity index (χ0) is 25.0. The number of hydrogen-bond donors (Lipinski definition) is 0. The summed E-state index contributed by atoms with van der Waals surface area (Å²) < 4.78 is 10.3. The number of nitrogens with zero attached hydrogens (tertiary/aromatic N) is 2. The number of para-hydroxylation sites is 1. The number of ether oxygens (including phenoxy) is 1. The van der Waals surface area contributed by atoms with E-state index in [1.165, 1.54) is 73.0 Å². The number of anilines is 1. The Balaban J connectivity index is 1.46. The van der Waals surface area contributed by atoms with Gasteiger partial charge < -0.3 is 0 Å². The first kappa shape index (κ1) is 24.7. The van der Waals surface area contributed by atoms with Crippen LogP contribution < -0.4 is 9.64 Å². The molecular formula is C32H42N2ORu. The molecule has 1 saturated heterocycles. The van der Waals surface area contributed by atoms with Crippen LogP contribution in [0.15, 0.2) is 36.4 Å². The van der Waals surface area contributed by atoms with E-state index in [4.69, 9.17) is 4.74 Å². The Kier molecular flexibility index (Phi) is 6.58. The van der Waals surface area contributed by atoms with Crippen molar-refractivity contribution in [2.24, 2.45) is 17.8 Å². The van der Waals surface area contributed by atoms with Crippen molar-refractivity contribution in [2.75, 3.05) is 18.0 Å². The number of aryl methyl sites for hydroxylation is 3. The van der Waals surface area contributed by atoms with E-state index in [1.807, 2.05) is 0 Å². The fraction of sp³-hybridized carbons (Fsp3) is 0.562. The first-order valence-corrected chi connectivity index (χ1v) is 15.9. The Morgan fingerprint density at radius 1 is 0.917 bits per heavy atom. The Morgan fingerprint density at radius 3 is 2.14 bits per heavy atom. The molecule has 4 aliphatic carbocycles. The van der Waals surface area contributed by atoms with Crippen LogP contribution in [0.5, 0.6) is 5.75 Å². The minimum atomic E-state index is -0.0985. The van der Waals surface area contributed by atoms with Crippen molar-refractivity contribution in [1.82, 2.24) is 4.90 Å². The van der Waals surface area contributed by atoms with Crippen LogP contribution in [0.3, 0.4) is 0 Å². The van der Waals surface area contributed by atoms with Crippen molar-refractivity contribution in [3.8, 4) is 5.75 Å². The maximum absolute atomic E-state index is 6.20. The van der Waals surface area contributed by atoms with E-state index >= 15 is 0 Å². The molecule has 4 heteroatoms. The van der Waals surface area contributed by atoms with Gasteiger partial charge in [-0.05, 0) is 0 Å². The monoisotopic (exact) mass is 572 g/mol. The third-order valence-corrected chi connectivity index (χ3v) is 11.2. The van der Waals surface area contributed by atoms with E-state index in [9.17, 15) is 0 Å². The van der Waals surface area contributed by atoms with Gasteiger partial charge in [0.15, 0.2) is 0 Å². The van der Waals surface area contributed by atoms with Gasteiger partial charge in [-0.3, -0.25) is 0 Å². The molecule has 2 aromatic carbocycles. The Bertz CT molecular complexity index is 1170. The zero-order valence-electron chi connectivity index (χ0n) is 22.7. The van der Waals surface area contributed by atoms with Crippen LogP contribution in [0.1, 0.15) is 74.6 Å². The van der Waals surface area contributed by atoms with E-state index in [2.05, 4.69) is 85.4 Å². The van der Waals surface area contributed by atoms with Gasteiger partial charge >= 0.3 is 225 Å². The Hall–Kier alpha value is -1.64. The average Bonchev–Trinajstić information content (AvgIpc) is 3.21. The molecule has 0 unspecified atom stereocenters. The summed E-state index contributed by atoms with van der Waals surface area (Å²) in [6.45, 7) is 13.4. The molecule has 7 rings (SSSR count). The molecule has 2 aromatic rings. The Morgan fingerprint density at radius 2 is 1.53 bits per heavy atom. The van der Waals surface area contributed by atoms with E-state index in [-0.39, 0.29) is 22.3 Å². The van der Waals surface area contributed by atoms with Crippen LogP contribution in [-0.2, 0) is 16.2 Å². The second kappa shape index (κ2) is 9.59. The topological polar surface area (TPSA) is 15.7 Å². The molecular weight excluding hydrogens is 529 g/mol. The molecule has 0 spiro atoms. The SMILES string of the molecule is Cc1cc(C)c(N2CCN(C34CC5CC(CC(C5)C3)C4)[C]2=[Ru]=[CH]c2ccccc2OC(C)C)c(C)c1. The second-order valence-electron chi connectivity index (χ2n) is 12.4. The predicted molar refractivity (Wildman–Crippen MR) is 148 cm³/mol. The quantitative estimate of drug-likeness (QED) is 0.381. The molecule has 3 nitrogen and oxygen atoms in total. The van der Waals surface area contributed by atoms with E-state index in [0.29, 0.717) is 5.54 Å². The van der Waals surface area contributed by atoms with Crippen LogP contribution >= 0.6 is 0 Å². The van der Waals surface area contributed by atoms with Gasteiger partial charge in [0.05, 0.1) is 0 Å². The molecule has 1 aliphatic heterocycles. The molecule has 5 aliphatic rings. The van der Waals surface area contributed by atoms with Crippen molar-refractivity contribution in [2.45, 2.75) is 84.8 Å². The molecule has 0 amide bonds. The van der Waals surface area contributed by atoms with Gasteiger partial charge in [0, 0.05) is 0 Å². The third kappa shape index (κ3) is 4.47. The van der Waals surface area contributed by atoms with Gasteiger partial charge in [-0.1, -0.05) is 0 Å². The molecule has 0 atom stereocenters. The van der Waals surface area contributed by atoms with Crippen LogP contribution in [0, 0.1) is 38.5 Å². The number of hydrogen-bond acceptors (Lipinski definition) is 3. The number of benzene rings is 2. The summed E-state index contributed by atoms with van der Waals surface area (Å²) in [6.07, 6.45) is 8.97. The first-order chi connectivity index (χ1) is 17.3. The summed E-state index contributed by atoms with van der Waals surface area (Å²) in [7, 11) is 0. The molecule has 194 valence electrons. The molecule has 4 bridgehead atoms. The Labute approximate surface area is 224 Å². The van der Waals surface area contributed by atoms with Crippen LogP contribution in [-0.4, -0.2) is 38.6 Å². The van der Waals surface area contributed by atoms with Crippen molar-refractivity contribution in [3.05, 3.63) is 58.7 Å². The molecule has 4 saturated carbocycles. The minimum absolute atomic E-state index is 0.0985. The van der Waals surface area contributed by atoms with Crippen molar-refractivity contribution < 1.29 is 21.0 Å². The van der Waals surface area contributed by atoms with Gasteiger partial charge in [-0.25, -0.2) is 0 Å². The van der Waals surface area contributed by atoms with E-state index in [0.717, 1.165) is 30.0 Å². The van der Waals surface area contributed by atoms with Crippen molar-refractivity contribution in [3.63, 3.8) is 0 Å². The van der Waals surface area contributed by atoms with Gasteiger partial charge in [0.25, 0.3) is 0 Å². The molecule has 0 radical (unpaired) electrons. The summed E-state index contributed by atoms with van der Waals surface area (Å²) in [5.41, 5.74) is 7.32. The van der Waals surface area contributed by atoms with Crippen LogP contribution in [0.4, 0.5) is 5.69 Å². The van der Waals surface area contributed by atoms with Crippen LogP contribution in [0.2, 0.25) is 0 Å². The molecule has 0 aromatic heterocycles. The van der Waals surface area contributed by atoms with Gasteiger partial charge in [-0.2, -0.15) is 0 Å². The van der Waals surface area contributed by atoms with Gasteiger partial charge in [-0.15, -0.1) is 0 Å². The van der Waals surface area contributed by atoms with Crippen molar-refractivity contribution in [1.29, 1.82) is 0 Å². The molecule has 5 fully saturated rings. The molecule has 0 N–H and O–H groups in total. The van der Waals surface area contributed by atoms with E-state index < -0.39 is 0 Å². The third-order valence-electron chi connectivity index (χ3n) is 9.00. The summed E-state index contributed by atoms with van der Waals surface area (Å²) in [5, 5.41) is 0. The summed E-state index contributed by atoms with van der Waals surface area (Å²) in [4.78, 5) is 5.68. The number of rotatable bonds is 5. The fourth-order valence-corrected chi connectivity index (χ4v) is 10.7. The average molecular weight is 572 g/mol. The van der Waals surface area contributed by atoms with Gasteiger partial charge in [0.1, 0.15) is 0 Å². The first-order valence-electron chi connectivity index (χ1n) is 14.0. The predicted octanol–water partition coefficient (Wildman–Crippen LogP) is 6.51. The summed E-state index contributed by atoms with van der Waals surface area (Å²) in [6, 6.07) is 13.4. The summed E-state index contributed by atoms with van der Waals surface area (Å²) >= 11 is -0.0985. The normalized spacial score (nSPS) is 29.4. The van der Waals surface area contributed by atoms with Crippen LogP contribution in [0.25, 0.3) is 0 Å². The zero-order valence-corrected chi connectivity index (χ0v) is 24.4.